The number of nitrogens with zero attached hydrogens (tertiary/aromatic N) is 7. The van der Waals surface area contributed by atoms with Gasteiger partial charge in [-0.2, -0.15) is 5.10 Å². The lowest BCUT2D eigenvalue weighted by molar-refractivity contribution is -0.0262. The molecule has 1 amide bonds. The number of pyridine rings is 1. The second-order valence-corrected chi connectivity index (χ2v) is 8.56. The van der Waals surface area contributed by atoms with Crippen molar-refractivity contribution in [2.45, 2.75) is 13.3 Å². The molecule has 4 aromatic rings. The minimum absolute atomic E-state index is 0. The van der Waals surface area contributed by atoms with Gasteiger partial charge in [0.2, 0.25) is 0 Å². The second-order valence-electron chi connectivity index (χ2n) is 8.56. The number of rotatable bonds is 8. The SMILES string of the molecule is C.CNC(=O)c1nnc(Nc2ccc(N3CC(F)(F)C3)cn2)cc1Nc1cccc(-c2ncn(C)n2)c1OC. The first-order chi connectivity index (χ1) is 18.3. The van der Waals surface area contributed by atoms with Crippen LogP contribution in [0.25, 0.3) is 11.4 Å². The third-order valence-corrected chi connectivity index (χ3v) is 5.78. The highest BCUT2D eigenvalue weighted by Crippen LogP contribution is 2.37. The van der Waals surface area contributed by atoms with Crippen LogP contribution in [0.2, 0.25) is 0 Å². The van der Waals surface area contributed by atoms with Crippen LogP contribution in [0.1, 0.15) is 17.9 Å². The number of benzene rings is 1. The number of ether oxygens (including phenoxy) is 1. The summed E-state index contributed by atoms with van der Waals surface area (Å²) < 4.78 is 33.6. The Labute approximate surface area is 223 Å². The number of nitrogens with one attached hydrogen (secondary N) is 3. The molecule has 1 fully saturated rings. The molecule has 0 unspecified atom stereocenters. The normalized spacial score (nSPS) is 13.6. The molecule has 3 N–H and O–H groups in total. The van der Waals surface area contributed by atoms with Crippen LogP contribution in [0, 0.1) is 0 Å². The van der Waals surface area contributed by atoms with Gasteiger partial charge >= 0.3 is 0 Å². The van der Waals surface area contributed by atoms with Crippen molar-refractivity contribution < 1.29 is 18.3 Å². The van der Waals surface area contributed by atoms with Crippen molar-refractivity contribution in [3.63, 3.8) is 0 Å². The molecule has 3 aromatic heterocycles. The molecule has 4 heterocycles. The van der Waals surface area contributed by atoms with E-state index in [1.165, 1.54) is 20.4 Å². The molecule has 0 radical (unpaired) electrons. The number of halogens is 2. The van der Waals surface area contributed by atoms with Crippen molar-refractivity contribution in [2.75, 3.05) is 42.8 Å². The highest BCUT2D eigenvalue weighted by molar-refractivity contribution is 5.99. The minimum Gasteiger partial charge on any atom is -0.494 e. The summed E-state index contributed by atoms with van der Waals surface area (Å²) in [6, 6.07) is 10.4. The maximum absolute atomic E-state index is 13.2. The molecule has 0 bridgehead atoms. The number of anilines is 5. The largest absolute Gasteiger partial charge is 0.494 e. The molecule has 39 heavy (non-hydrogen) atoms. The number of aromatic nitrogens is 6. The lowest BCUT2D eigenvalue weighted by atomic mass is 10.1. The lowest BCUT2D eigenvalue weighted by Gasteiger charge is -2.40. The van der Waals surface area contributed by atoms with Gasteiger partial charge in [0.1, 0.15) is 12.1 Å². The number of para-hydroxylation sites is 1. The minimum atomic E-state index is -2.67. The number of aryl methyl sites for hydroxylation is 1. The molecule has 0 aliphatic carbocycles. The van der Waals surface area contributed by atoms with Crippen LogP contribution < -0.4 is 25.6 Å². The molecule has 204 valence electrons. The number of hydrogen-bond acceptors (Lipinski definition) is 10. The molecule has 1 aliphatic heterocycles. The van der Waals surface area contributed by atoms with E-state index in [1.807, 2.05) is 12.1 Å². The van der Waals surface area contributed by atoms with Gasteiger partial charge in [0.15, 0.2) is 23.1 Å². The van der Waals surface area contributed by atoms with Crippen LogP contribution >= 0.6 is 0 Å². The molecule has 0 atom stereocenters. The summed E-state index contributed by atoms with van der Waals surface area (Å²) in [4.78, 5) is 22.6. The summed E-state index contributed by atoms with van der Waals surface area (Å²) in [7, 11) is 4.79. The number of carbonyl (C=O) groups excluding carboxylic acids is 1. The molecular formula is C25H28F2N10O2. The van der Waals surface area contributed by atoms with Crippen molar-refractivity contribution in [2.24, 2.45) is 7.05 Å². The van der Waals surface area contributed by atoms with E-state index in [0.29, 0.717) is 45.8 Å². The molecule has 12 nitrogen and oxygen atoms in total. The topological polar surface area (TPSA) is 135 Å². The zero-order chi connectivity index (χ0) is 26.9. The van der Waals surface area contributed by atoms with E-state index in [1.54, 1.807) is 47.2 Å². The van der Waals surface area contributed by atoms with E-state index in [2.05, 4.69) is 41.2 Å². The molecule has 0 spiro atoms. The van der Waals surface area contributed by atoms with Gasteiger partial charge in [-0.1, -0.05) is 13.5 Å². The first kappa shape index (κ1) is 27.2. The van der Waals surface area contributed by atoms with Gasteiger partial charge in [0.05, 0.1) is 49.0 Å². The molecule has 1 aromatic carbocycles. The Morgan fingerprint density at radius 1 is 1.05 bits per heavy atom. The van der Waals surface area contributed by atoms with E-state index in [-0.39, 0.29) is 26.2 Å². The van der Waals surface area contributed by atoms with Gasteiger partial charge < -0.3 is 25.6 Å². The average Bonchev–Trinajstić information content (AvgIpc) is 3.33. The standard InChI is InChI=1S/C24H24F2N10O2.CH4/c1-27-23(37)20-17(30-16-6-4-5-15(21(16)38-3)22-29-13-35(2)34-22)9-19(32-33-20)31-18-8-7-14(10-28-18)36-11-24(25,26)12-36;/h4-10,13H,11-12H2,1-3H3,(H,27,37)(H2,28,30,31,32);1H4. The van der Waals surface area contributed by atoms with E-state index < -0.39 is 11.8 Å². The van der Waals surface area contributed by atoms with Crippen LogP contribution in [0.3, 0.4) is 0 Å². The molecule has 14 heteroatoms. The number of amides is 1. The Bertz CT molecular complexity index is 1470. The average molecular weight is 539 g/mol. The second kappa shape index (κ2) is 10.8. The van der Waals surface area contributed by atoms with Crippen molar-refractivity contribution in [1.82, 2.24) is 35.3 Å². The Morgan fingerprint density at radius 3 is 2.46 bits per heavy atom. The van der Waals surface area contributed by atoms with Crippen molar-refractivity contribution in [1.29, 1.82) is 0 Å². The maximum Gasteiger partial charge on any atom is 0.282 e. The van der Waals surface area contributed by atoms with Crippen LogP contribution in [0.4, 0.5) is 37.5 Å². The van der Waals surface area contributed by atoms with Crippen molar-refractivity contribution >= 4 is 34.6 Å². The lowest BCUT2D eigenvalue weighted by Crippen LogP contribution is -2.56. The van der Waals surface area contributed by atoms with Crippen LogP contribution in [0.15, 0.2) is 48.9 Å². The number of carbonyl (C=O) groups is 1. The van der Waals surface area contributed by atoms with Gasteiger partial charge in [-0.15, -0.1) is 10.2 Å². The Morgan fingerprint density at radius 2 is 1.85 bits per heavy atom. The van der Waals surface area contributed by atoms with E-state index in [4.69, 9.17) is 4.74 Å². The highest BCUT2D eigenvalue weighted by atomic mass is 19.3. The van der Waals surface area contributed by atoms with Crippen LogP contribution in [-0.4, -0.2) is 69.0 Å². The predicted octanol–water partition coefficient (Wildman–Crippen LogP) is 3.61. The number of alkyl halides is 2. The summed E-state index contributed by atoms with van der Waals surface area (Å²) in [5.41, 5.74) is 2.22. The summed E-state index contributed by atoms with van der Waals surface area (Å²) in [6.07, 6.45) is 3.09. The van der Waals surface area contributed by atoms with Gasteiger partial charge in [0, 0.05) is 20.2 Å². The molecular weight excluding hydrogens is 510 g/mol. The molecule has 5 rings (SSSR count). The third kappa shape index (κ3) is 5.68. The molecule has 1 saturated heterocycles. The fourth-order valence-corrected chi connectivity index (χ4v) is 3.95. The molecule has 0 saturated carbocycles. The maximum atomic E-state index is 13.2. The Balaban J connectivity index is 0.00000353. The predicted molar refractivity (Wildman–Crippen MR) is 143 cm³/mol. The number of methoxy groups -OCH3 is 1. The van der Waals surface area contributed by atoms with E-state index in [9.17, 15) is 13.6 Å². The quantitative estimate of drug-likeness (QED) is 0.305. The van der Waals surface area contributed by atoms with E-state index >= 15 is 0 Å². The van der Waals surface area contributed by atoms with Gasteiger partial charge in [-0.05, 0) is 24.3 Å². The zero-order valence-electron chi connectivity index (χ0n) is 20.7. The summed E-state index contributed by atoms with van der Waals surface area (Å²) >= 11 is 0. The summed E-state index contributed by atoms with van der Waals surface area (Å²) in [5.74, 6) is -1.43. The summed E-state index contributed by atoms with van der Waals surface area (Å²) in [5, 5.41) is 21.3. The van der Waals surface area contributed by atoms with Crippen molar-refractivity contribution in [3.05, 3.63) is 54.6 Å². The number of hydrogen-bond donors (Lipinski definition) is 3. The monoisotopic (exact) mass is 538 g/mol. The highest BCUT2D eigenvalue weighted by Gasteiger charge is 2.44. The smallest absolute Gasteiger partial charge is 0.282 e. The Kier molecular flexibility index (Phi) is 7.56. The van der Waals surface area contributed by atoms with Crippen LogP contribution in [0.5, 0.6) is 5.75 Å². The third-order valence-electron chi connectivity index (χ3n) is 5.78. The fraction of sp³-hybridized carbons (Fsp3) is 0.280. The van der Waals surface area contributed by atoms with Crippen LogP contribution in [-0.2, 0) is 7.05 Å². The molecule has 1 aliphatic rings. The van der Waals surface area contributed by atoms with Gasteiger partial charge in [0.25, 0.3) is 11.8 Å². The van der Waals surface area contributed by atoms with Gasteiger partial charge in [-0.3, -0.25) is 9.48 Å². The first-order valence-electron chi connectivity index (χ1n) is 11.5. The summed E-state index contributed by atoms with van der Waals surface area (Å²) in [6.45, 7) is -0.659. The zero-order valence-corrected chi connectivity index (χ0v) is 20.7. The fourth-order valence-electron chi connectivity index (χ4n) is 3.95. The Hall–Kier alpha value is -4.88. The van der Waals surface area contributed by atoms with Crippen molar-refractivity contribution in [3.8, 4) is 17.1 Å². The first-order valence-corrected chi connectivity index (χ1v) is 11.5. The van der Waals surface area contributed by atoms with E-state index in [0.717, 1.165) is 0 Å². The van der Waals surface area contributed by atoms with Gasteiger partial charge in [-0.25, -0.2) is 18.7 Å².